The van der Waals surface area contributed by atoms with Crippen molar-refractivity contribution in [3.05, 3.63) is 35.3 Å². The van der Waals surface area contributed by atoms with Gasteiger partial charge in [0.2, 0.25) is 17.7 Å². The van der Waals surface area contributed by atoms with Crippen molar-refractivity contribution in [1.82, 2.24) is 34.8 Å². The predicted molar refractivity (Wildman–Crippen MR) is 154 cm³/mol. The van der Waals surface area contributed by atoms with Crippen LogP contribution in [-0.4, -0.2) is 96.8 Å². The minimum Gasteiger partial charge on any atom is -0.474 e. The third-order valence-corrected chi connectivity index (χ3v) is 9.81. The van der Waals surface area contributed by atoms with Gasteiger partial charge >= 0.3 is 16.5 Å². The molecule has 10 atom stereocenters. The maximum atomic E-state index is 13.1. The Morgan fingerprint density at radius 3 is 2.78 bits per heavy atom. The van der Waals surface area contributed by atoms with Gasteiger partial charge in [-0.1, -0.05) is 0 Å². The Labute approximate surface area is 261 Å². The number of aromatic nitrogens is 6. The highest BCUT2D eigenvalue weighted by molar-refractivity contribution is 7.33. The van der Waals surface area contributed by atoms with Gasteiger partial charge in [-0.05, 0) is 25.8 Å². The number of aliphatic hydroxyl groups is 1. The largest absolute Gasteiger partial charge is 0.697 e. The van der Waals surface area contributed by atoms with E-state index in [0.29, 0.717) is 31.7 Å². The number of imidazole rings is 1. The van der Waals surface area contributed by atoms with Gasteiger partial charge in [-0.3, -0.25) is 24.5 Å². The van der Waals surface area contributed by atoms with E-state index < -0.39 is 58.8 Å². The molecule has 4 N–H and O–H groups in total. The summed E-state index contributed by atoms with van der Waals surface area (Å²) in [6.45, 7) is 0.224. The Bertz CT molecular complexity index is 1670. The number of ether oxygens (including phenoxy) is 2. The lowest BCUT2D eigenvalue weighted by atomic mass is 10.1. The van der Waals surface area contributed by atoms with E-state index in [9.17, 15) is 23.8 Å². The standard InChI is InChI=1S/C25H28N8O11P2/c34-19-16-9-40-45(37)43-15-7-13(41-17-3-5-26-10-28-17)6-12(15)8-39-46(38)44-20(19)24(42-16)33-11-29-18-21(33)30-25(32-23(18)36)31-22(35)14-2-1-4-27-14/h3,5,10-16,19-20,24,27,34H,1-2,4,6-9H2/p+2/t12-,13-,14-,15+,16-,19-,20-,24-/m1/s1. The molecule has 4 fully saturated rings. The molecule has 0 radical (unpaired) electrons. The van der Waals surface area contributed by atoms with Crippen LogP contribution in [0.25, 0.3) is 11.2 Å². The fourth-order valence-electron chi connectivity index (χ4n) is 6.00. The van der Waals surface area contributed by atoms with Crippen LogP contribution in [0.5, 0.6) is 5.88 Å². The molecule has 3 aliphatic heterocycles. The summed E-state index contributed by atoms with van der Waals surface area (Å²) in [6.07, 6.45) is 0.310. The molecular formula is C25H30N8O11P2+2. The van der Waals surface area contributed by atoms with Gasteiger partial charge in [0.1, 0.15) is 44.0 Å². The van der Waals surface area contributed by atoms with Gasteiger partial charge in [0, 0.05) is 33.7 Å². The normalized spacial score (nSPS) is 33.6. The Morgan fingerprint density at radius 1 is 1.13 bits per heavy atom. The van der Waals surface area contributed by atoms with E-state index in [1.807, 2.05) is 0 Å². The van der Waals surface area contributed by atoms with Gasteiger partial charge in [-0.2, -0.15) is 4.98 Å². The molecule has 2 unspecified atom stereocenters. The minimum absolute atomic E-state index is 0.000923. The molecule has 1 aliphatic carbocycles. The first-order valence-electron chi connectivity index (χ1n) is 14.6. The van der Waals surface area contributed by atoms with Crippen molar-refractivity contribution in [1.29, 1.82) is 0 Å². The highest BCUT2D eigenvalue weighted by Gasteiger charge is 2.53. The minimum atomic E-state index is -2.82. The van der Waals surface area contributed by atoms with Crippen LogP contribution < -0.4 is 20.9 Å². The highest BCUT2D eigenvalue weighted by Crippen LogP contribution is 2.44. The van der Waals surface area contributed by atoms with Crippen LogP contribution in [-0.2, 0) is 36.8 Å². The molecule has 6 heterocycles. The fraction of sp³-hybridized carbons (Fsp3) is 0.600. The first-order valence-corrected chi connectivity index (χ1v) is 16.8. The number of H-pyrrole nitrogens is 1. The van der Waals surface area contributed by atoms with Crippen LogP contribution in [0.1, 0.15) is 31.9 Å². The molecule has 3 saturated heterocycles. The smallest absolute Gasteiger partial charge is 0.474 e. The number of aliphatic hydroxyl groups excluding tert-OH is 1. The van der Waals surface area contributed by atoms with E-state index in [2.05, 4.69) is 35.6 Å². The summed E-state index contributed by atoms with van der Waals surface area (Å²) in [5.74, 6) is -0.496. The van der Waals surface area contributed by atoms with Crippen molar-refractivity contribution in [3.8, 4) is 5.88 Å². The van der Waals surface area contributed by atoms with Crippen molar-refractivity contribution >= 4 is 39.5 Å². The van der Waals surface area contributed by atoms with Gasteiger partial charge in [0.25, 0.3) is 5.56 Å². The summed E-state index contributed by atoms with van der Waals surface area (Å²) in [5.41, 5.74) is -0.708. The van der Waals surface area contributed by atoms with E-state index in [0.717, 1.165) is 6.42 Å². The molecule has 0 aromatic carbocycles. The number of anilines is 1. The average Bonchev–Trinajstić information content (AvgIpc) is 3.84. The quantitative estimate of drug-likeness (QED) is 0.273. The summed E-state index contributed by atoms with van der Waals surface area (Å²) in [5, 5.41) is 16.8. The van der Waals surface area contributed by atoms with Crippen molar-refractivity contribution in [2.24, 2.45) is 5.92 Å². The first kappa shape index (κ1) is 31.2. The number of hydrogen-bond donors (Lipinski definition) is 4. The number of nitrogens with one attached hydrogen (secondary N) is 3. The topological polar surface area (TPSA) is 240 Å². The summed E-state index contributed by atoms with van der Waals surface area (Å²) >= 11 is 0. The zero-order chi connectivity index (χ0) is 31.8. The molecule has 19 nitrogen and oxygen atoms in total. The maximum Gasteiger partial charge on any atom is 0.697 e. The van der Waals surface area contributed by atoms with Gasteiger partial charge in [-0.15, -0.1) is 18.1 Å². The average molecular weight is 681 g/mol. The van der Waals surface area contributed by atoms with Crippen molar-refractivity contribution in [3.63, 3.8) is 0 Å². The highest BCUT2D eigenvalue weighted by atomic mass is 31.1. The maximum absolute atomic E-state index is 13.1. The molecule has 1 amide bonds. The van der Waals surface area contributed by atoms with E-state index in [1.165, 1.54) is 17.2 Å². The van der Waals surface area contributed by atoms with Gasteiger partial charge < -0.3 is 19.9 Å². The lowest BCUT2D eigenvalue weighted by Gasteiger charge is -2.17. The molecule has 21 heteroatoms. The predicted octanol–water partition coefficient (Wildman–Crippen LogP) is 0.848. The monoisotopic (exact) mass is 680 g/mol. The molecule has 3 aromatic heterocycles. The van der Waals surface area contributed by atoms with Crippen LogP contribution in [0.3, 0.4) is 0 Å². The summed E-state index contributed by atoms with van der Waals surface area (Å²) in [7, 11) is -5.49. The summed E-state index contributed by atoms with van der Waals surface area (Å²) in [4.78, 5) is 44.4. The van der Waals surface area contributed by atoms with Crippen molar-refractivity contribution in [2.45, 2.75) is 68.5 Å². The Morgan fingerprint density at radius 2 is 1.98 bits per heavy atom. The van der Waals surface area contributed by atoms with E-state index in [1.54, 1.807) is 12.3 Å². The number of aromatic amines is 1. The summed E-state index contributed by atoms with van der Waals surface area (Å²) in [6, 6.07) is 1.19. The van der Waals surface area contributed by atoms with Crippen LogP contribution in [0.4, 0.5) is 5.95 Å². The molecule has 1 saturated carbocycles. The van der Waals surface area contributed by atoms with Crippen LogP contribution >= 0.6 is 16.5 Å². The second-order valence-corrected chi connectivity index (χ2v) is 13.0. The zero-order valence-corrected chi connectivity index (χ0v) is 25.8. The number of amides is 1. The van der Waals surface area contributed by atoms with Crippen molar-refractivity contribution < 1.29 is 46.6 Å². The molecular weight excluding hydrogens is 650 g/mol. The van der Waals surface area contributed by atoms with Gasteiger partial charge in [-0.25, -0.2) is 15.0 Å². The SMILES string of the molecule is O=C(Nc1nc2c(ncn2[C@@H]2O[C@@H]3CO[P+](=O)O[C@H]4C[C@H](Oc5ccncn5)C[C@@H]4CO[P+](=O)O[C@@H]2[C@@H]3O)c(=O)[nH]1)[C@H]1CCCN1. The number of carbonyl (C=O) groups is 1. The van der Waals surface area contributed by atoms with Gasteiger partial charge in [0.05, 0.1) is 12.4 Å². The molecule has 7 rings (SSSR count). The summed E-state index contributed by atoms with van der Waals surface area (Å²) < 4.78 is 61.6. The Hall–Kier alpha value is -3.38. The molecule has 4 aliphatic rings. The van der Waals surface area contributed by atoms with Crippen LogP contribution in [0.2, 0.25) is 0 Å². The second kappa shape index (κ2) is 13.4. The first-order chi connectivity index (χ1) is 22.3. The van der Waals surface area contributed by atoms with Crippen LogP contribution in [0, 0.1) is 5.92 Å². The zero-order valence-electron chi connectivity index (χ0n) is 24.0. The molecule has 2 bridgehead atoms. The van der Waals surface area contributed by atoms with E-state index in [4.69, 9.17) is 27.6 Å². The number of hydrogen-bond acceptors (Lipinski definition) is 16. The number of nitrogens with zero attached hydrogens (tertiary/aromatic N) is 5. The Kier molecular flexibility index (Phi) is 9.09. The fourth-order valence-corrected chi connectivity index (χ4v) is 7.61. The Balaban J connectivity index is 1.10. The van der Waals surface area contributed by atoms with Crippen molar-refractivity contribution in [2.75, 3.05) is 25.1 Å². The second-order valence-electron chi connectivity index (χ2n) is 11.2. The lowest BCUT2D eigenvalue weighted by molar-refractivity contribution is -0.117. The number of carbonyl (C=O) groups excluding carboxylic acids is 1. The number of fused-ring (bicyclic) bond motifs is 4. The van der Waals surface area contributed by atoms with E-state index in [-0.39, 0.29) is 48.3 Å². The third-order valence-electron chi connectivity index (χ3n) is 8.23. The lowest BCUT2D eigenvalue weighted by Crippen LogP contribution is -2.36. The molecule has 244 valence electrons. The molecule has 0 spiro atoms. The number of rotatable bonds is 5. The third kappa shape index (κ3) is 6.56. The molecule has 46 heavy (non-hydrogen) atoms. The molecule has 3 aromatic rings. The van der Waals surface area contributed by atoms with Gasteiger partial charge in [0.15, 0.2) is 23.5 Å². The van der Waals surface area contributed by atoms with Crippen LogP contribution in [0.15, 0.2) is 29.7 Å². The van der Waals surface area contributed by atoms with E-state index >= 15 is 0 Å².